The van der Waals surface area contributed by atoms with Gasteiger partial charge in [-0.3, -0.25) is 0 Å². The lowest BCUT2D eigenvalue weighted by atomic mass is 9.98. The largest absolute Gasteiger partial charge is 0.312 e. The molecule has 94 valence electrons. The molecule has 17 heavy (non-hydrogen) atoms. The molecule has 0 saturated carbocycles. The van der Waals surface area contributed by atoms with Crippen LogP contribution in [0.2, 0.25) is 0 Å². The topological polar surface area (TPSA) is 42.7 Å². The van der Waals surface area contributed by atoms with Crippen LogP contribution in [0, 0.1) is 6.92 Å². The predicted molar refractivity (Wildman–Crippen MR) is 67.1 cm³/mol. The number of aryl methyl sites for hydroxylation is 1. The Hall–Kier alpha value is -0.900. The molecule has 2 unspecified atom stereocenters. The molecule has 2 aliphatic rings. The third-order valence-corrected chi connectivity index (χ3v) is 4.22. The lowest BCUT2D eigenvalue weighted by molar-refractivity contribution is 0.288. The number of piperidine rings is 1. The van der Waals surface area contributed by atoms with E-state index in [1.807, 2.05) is 0 Å². The first-order valence-electron chi connectivity index (χ1n) is 6.82. The second-order valence-corrected chi connectivity index (χ2v) is 5.89. The molecule has 3 atom stereocenters. The highest BCUT2D eigenvalue weighted by molar-refractivity contribution is 5.05. The first-order chi connectivity index (χ1) is 8.15. The van der Waals surface area contributed by atoms with E-state index in [4.69, 9.17) is 0 Å². The Labute approximate surface area is 103 Å². The first kappa shape index (κ1) is 11.2. The predicted octanol–water partition coefficient (Wildman–Crippen LogP) is 2.17. The average Bonchev–Trinajstić information content (AvgIpc) is 2.82. The van der Waals surface area contributed by atoms with Crippen molar-refractivity contribution >= 4 is 0 Å². The van der Waals surface area contributed by atoms with Crippen LogP contribution < -0.4 is 5.32 Å². The molecular weight excluding hydrogens is 212 g/mol. The van der Waals surface area contributed by atoms with Crippen molar-refractivity contribution in [2.24, 2.45) is 0 Å². The van der Waals surface area contributed by atoms with Gasteiger partial charge in [0.2, 0.25) is 0 Å². The minimum Gasteiger partial charge on any atom is -0.312 e. The number of hydrogen-bond donors (Lipinski definition) is 1. The number of rotatable bonds is 2. The van der Waals surface area contributed by atoms with Gasteiger partial charge in [-0.05, 0) is 32.6 Å². The van der Waals surface area contributed by atoms with Gasteiger partial charge in [0.15, 0.2) is 0 Å². The molecule has 2 saturated heterocycles. The fourth-order valence-electron chi connectivity index (χ4n) is 3.47. The highest BCUT2D eigenvalue weighted by Crippen LogP contribution is 2.35. The van der Waals surface area contributed by atoms with Gasteiger partial charge >= 0.3 is 0 Å². The highest BCUT2D eigenvalue weighted by Gasteiger charge is 2.35. The molecule has 0 amide bonds. The van der Waals surface area contributed by atoms with Crippen LogP contribution in [0.15, 0.2) is 0 Å². The Bertz CT molecular complexity index is 398. The van der Waals surface area contributed by atoms with Crippen LogP contribution in [0.1, 0.15) is 63.1 Å². The number of nitrogens with one attached hydrogen (secondary N) is 1. The van der Waals surface area contributed by atoms with E-state index in [1.54, 1.807) is 0 Å². The van der Waals surface area contributed by atoms with E-state index >= 15 is 0 Å². The highest BCUT2D eigenvalue weighted by atomic mass is 15.3. The molecule has 2 aliphatic heterocycles. The van der Waals surface area contributed by atoms with Crippen molar-refractivity contribution in [2.75, 3.05) is 0 Å². The molecular formula is C13H22N4. The van der Waals surface area contributed by atoms with Crippen molar-refractivity contribution in [3.8, 4) is 0 Å². The zero-order valence-electron chi connectivity index (χ0n) is 11.0. The lowest BCUT2D eigenvalue weighted by Gasteiger charge is -2.31. The minimum atomic E-state index is 0.462. The van der Waals surface area contributed by atoms with Crippen molar-refractivity contribution < 1.29 is 0 Å². The first-order valence-corrected chi connectivity index (χ1v) is 6.82. The molecule has 2 bridgehead atoms. The molecule has 4 heteroatoms. The molecule has 0 spiro atoms. The lowest BCUT2D eigenvalue weighted by Crippen LogP contribution is -2.39. The van der Waals surface area contributed by atoms with E-state index < -0.39 is 0 Å². The van der Waals surface area contributed by atoms with Gasteiger partial charge < -0.3 is 9.88 Å². The Morgan fingerprint density at radius 2 is 1.82 bits per heavy atom. The normalized spacial score (nSPS) is 32.4. The molecule has 3 rings (SSSR count). The molecule has 1 N–H and O–H groups in total. The molecule has 0 aromatic carbocycles. The van der Waals surface area contributed by atoms with Crippen LogP contribution in [0.4, 0.5) is 0 Å². The van der Waals surface area contributed by atoms with E-state index in [2.05, 4.69) is 40.9 Å². The molecule has 1 aromatic rings. The zero-order chi connectivity index (χ0) is 12.0. The second-order valence-electron chi connectivity index (χ2n) is 5.89. The van der Waals surface area contributed by atoms with Gasteiger partial charge in [-0.25, -0.2) is 0 Å². The van der Waals surface area contributed by atoms with Gasteiger partial charge in [-0.2, -0.15) is 0 Å². The summed E-state index contributed by atoms with van der Waals surface area (Å²) in [5.41, 5.74) is 0. The fraction of sp³-hybridized carbons (Fsp3) is 0.846. The summed E-state index contributed by atoms with van der Waals surface area (Å²) in [6, 6.07) is 2.06. The molecule has 4 nitrogen and oxygen atoms in total. The minimum absolute atomic E-state index is 0.462. The number of fused-ring (bicyclic) bond motifs is 2. The number of aromatic nitrogens is 3. The Balaban J connectivity index is 1.91. The van der Waals surface area contributed by atoms with Crippen LogP contribution in [-0.2, 0) is 0 Å². The van der Waals surface area contributed by atoms with E-state index in [0.29, 0.717) is 12.0 Å². The Kier molecular flexibility index (Phi) is 2.69. The van der Waals surface area contributed by atoms with Crippen LogP contribution in [-0.4, -0.2) is 26.8 Å². The molecule has 0 radical (unpaired) electrons. The second kappa shape index (κ2) is 4.09. The van der Waals surface area contributed by atoms with Crippen molar-refractivity contribution in [3.05, 3.63) is 11.6 Å². The summed E-state index contributed by atoms with van der Waals surface area (Å²) in [7, 11) is 0. The van der Waals surface area contributed by atoms with Gasteiger partial charge in [-0.15, -0.1) is 10.2 Å². The average molecular weight is 234 g/mol. The zero-order valence-corrected chi connectivity index (χ0v) is 11.0. The summed E-state index contributed by atoms with van der Waals surface area (Å²) in [5.74, 6) is 2.71. The van der Waals surface area contributed by atoms with Gasteiger partial charge in [0.05, 0.1) is 0 Å². The van der Waals surface area contributed by atoms with Crippen molar-refractivity contribution in [1.29, 1.82) is 0 Å². The summed E-state index contributed by atoms with van der Waals surface area (Å²) in [6.45, 7) is 6.49. The van der Waals surface area contributed by atoms with Crippen LogP contribution >= 0.6 is 0 Å². The third-order valence-electron chi connectivity index (χ3n) is 4.22. The maximum atomic E-state index is 4.35. The summed E-state index contributed by atoms with van der Waals surface area (Å²) >= 11 is 0. The van der Waals surface area contributed by atoms with Gasteiger partial charge in [-0.1, -0.05) is 13.8 Å². The third kappa shape index (κ3) is 1.88. The Morgan fingerprint density at radius 1 is 1.18 bits per heavy atom. The molecule has 0 aliphatic carbocycles. The maximum absolute atomic E-state index is 4.35. The van der Waals surface area contributed by atoms with E-state index in [-0.39, 0.29) is 0 Å². The van der Waals surface area contributed by atoms with Gasteiger partial charge in [0, 0.05) is 24.0 Å². The standard InChI is InChI=1S/C13H22N4/c1-8(2)13-16-15-9(3)17(13)12-6-10-4-5-11(7-12)14-10/h8,10-12,14H,4-7H2,1-3H3/t10-,11?,12?/m0/s1. The van der Waals surface area contributed by atoms with E-state index in [9.17, 15) is 0 Å². The molecule has 1 aromatic heterocycles. The van der Waals surface area contributed by atoms with Crippen molar-refractivity contribution in [3.63, 3.8) is 0 Å². The monoisotopic (exact) mass is 234 g/mol. The van der Waals surface area contributed by atoms with Crippen LogP contribution in [0.5, 0.6) is 0 Å². The molecule has 2 fully saturated rings. The van der Waals surface area contributed by atoms with Gasteiger partial charge in [0.25, 0.3) is 0 Å². The smallest absolute Gasteiger partial charge is 0.135 e. The summed E-state index contributed by atoms with van der Waals surface area (Å²) in [5, 5.41) is 12.3. The Morgan fingerprint density at radius 3 is 2.41 bits per heavy atom. The SMILES string of the molecule is Cc1nnc(C(C)C)n1C1CC2CC[C@@H](C1)N2. The number of hydrogen-bond acceptors (Lipinski definition) is 3. The summed E-state index contributed by atoms with van der Waals surface area (Å²) in [4.78, 5) is 0. The maximum Gasteiger partial charge on any atom is 0.135 e. The van der Waals surface area contributed by atoms with E-state index in [1.165, 1.54) is 25.7 Å². The number of nitrogens with zero attached hydrogens (tertiary/aromatic N) is 3. The van der Waals surface area contributed by atoms with Crippen molar-refractivity contribution in [1.82, 2.24) is 20.1 Å². The summed E-state index contributed by atoms with van der Waals surface area (Å²) in [6.07, 6.45) is 5.18. The van der Waals surface area contributed by atoms with Crippen LogP contribution in [0.25, 0.3) is 0 Å². The van der Waals surface area contributed by atoms with Gasteiger partial charge in [0.1, 0.15) is 11.6 Å². The summed E-state index contributed by atoms with van der Waals surface area (Å²) < 4.78 is 2.40. The fourth-order valence-corrected chi connectivity index (χ4v) is 3.47. The molecule has 3 heterocycles. The van der Waals surface area contributed by atoms with E-state index in [0.717, 1.165) is 23.7 Å². The van der Waals surface area contributed by atoms with Crippen LogP contribution in [0.3, 0.4) is 0 Å². The van der Waals surface area contributed by atoms with Crippen molar-refractivity contribution in [2.45, 2.75) is 70.5 Å². The quantitative estimate of drug-likeness (QED) is 0.852.